The first-order valence-corrected chi connectivity index (χ1v) is 21.9. The number of ether oxygens (including phenoxy) is 3. The molecule has 7 nitrogen and oxygen atoms in total. The summed E-state index contributed by atoms with van der Waals surface area (Å²) in [5.41, 5.74) is 0. The molecule has 0 spiro atoms. The molecule has 0 aliphatic carbocycles. The van der Waals surface area contributed by atoms with Crippen LogP contribution in [0.1, 0.15) is 197 Å². The van der Waals surface area contributed by atoms with Crippen molar-refractivity contribution < 1.29 is 28.6 Å². The van der Waals surface area contributed by atoms with Crippen LogP contribution in [0.4, 0.5) is 0 Å². The summed E-state index contributed by atoms with van der Waals surface area (Å²) in [6.07, 6.45) is 23.0. The van der Waals surface area contributed by atoms with Crippen LogP contribution in [0.15, 0.2) is 0 Å². The van der Waals surface area contributed by atoms with Crippen LogP contribution >= 0.6 is 0 Å². The highest BCUT2D eigenvalue weighted by Gasteiger charge is 2.18. The first kappa shape index (κ1) is 50.4. The van der Waals surface area contributed by atoms with Gasteiger partial charge in [-0.05, 0) is 101 Å². The average Bonchev–Trinajstić information content (AvgIpc) is 3.05. The second kappa shape index (κ2) is 32.8. The molecule has 0 aliphatic heterocycles. The third-order valence-electron chi connectivity index (χ3n) is 10.6. The Morgan fingerprint density at radius 1 is 0.442 bits per heavy atom. The van der Waals surface area contributed by atoms with E-state index in [4.69, 9.17) is 14.2 Å². The molecule has 2 unspecified atom stereocenters. The van der Waals surface area contributed by atoms with Gasteiger partial charge in [0.05, 0.1) is 19.8 Å². The van der Waals surface area contributed by atoms with Gasteiger partial charge in [0.1, 0.15) is 6.10 Å². The topological polar surface area (TPSA) is 82.1 Å². The molecule has 2 atom stereocenters. The average molecular weight is 738 g/mol. The molecule has 0 aromatic rings. The van der Waals surface area contributed by atoms with Crippen molar-refractivity contribution in [3.8, 4) is 0 Å². The van der Waals surface area contributed by atoms with Crippen molar-refractivity contribution in [2.24, 2.45) is 35.5 Å². The van der Waals surface area contributed by atoms with Gasteiger partial charge in [-0.15, -0.1) is 0 Å². The Labute approximate surface area is 322 Å². The van der Waals surface area contributed by atoms with Crippen LogP contribution in [0.3, 0.4) is 0 Å². The summed E-state index contributed by atoms with van der Waals surface area (Å²) in [6.45, 7) is 19.3. The van der Waals surface area contributed by atoms with Gasteiger partial charge in [-0.2, -0.15) is 0 Å². The Morgan fingerprint density at radius 3 is 1.12 bits per heavy atom. The largest absolute Gasteiger partial charge is 0.465 e. The van der Waals surface area contributed by atoms with Gasteiger partial charge in [-0.3, -0.25) is 19.3 Å². The van der Waals surface area contributed by atoms with E-state index in [-0.39, 0.29) is 24.0 Å². The van der Waals surface area contributed by atoms with Gasteiger partial charge in [-0.1, -0.05) is 132 Å². The van der Waals surface area contributed by atoms with Crippen molar-refractivity contribution in [2.75, 3.05) is 33.9 Å². The number of esters is 3. The molecule has 0 heterocycles. The van der Waals surface area contributed by atoms with E-state index >= 15 is 0 Å². The number of likely N-dealkylation sites (N-methyl/N-ethyl adjacent to an activating group) is 1. The molecule has 52 heavy (non-hydrogen) atoms. The zero-order chi connectivity index (χ0) is 39.1. The summed E-state index contributed by atoms with van der Waals surface area (Å²) in [5, 5.41) is 0. The van der Waals surface area contributed by atoms with Crippen LogP contribution in [-0.2, 0) is 28.6 Å². The minimum atomic E-state index is -0.127. The Kier molecular flexibility index (Phi) is 31.7. The fraction of sp³-hybridized carbons (Fsp3) is 0.933. The van der Waals surface area contributed by atoms with Crippen molar-refractivity contribution in [1.29, 1.82) is 0 Å². The van der Waals surface area contributed by atoms with Crippen LogP contribution in [-0.4, -0.2) is 62.8 Å². The molecular weight excluding hydrogens is 650 g/mol. The lowest BCUT2D eigenvalue weighted by Gasteiger charge is -2.21. The van der Waals surface area contributed by atoms with Crippen LogP contribution in [0.2, 0.25) is 0 Å². The molecule has 0 fully saturated rings. The second-order valence-electron chi connectivity index (χ2n) is 17.7. The number of carbonyl (C=O) groups is 3. The zero-order valence-electron chi connectivity index (χ0n) is 36.1. The van der Waals surface area contributed by atoms with Gasteiger partial charge in [0, 0.05) is 12.8 Å². The standard InChI is InChI=1S/C45H87NO6/c1-36(2)29-31-40(38(5)6)34-50-43(47)27-23-19-15-11-13-17-21-25-42(52-45(49)33-46(9)10)26-22-18-14-12-16-20-24-28-44(48)51-35-41(39(7)8)32-30-37(3)4/h36-42H,11-35H2,1-10H3. The summed E-state index contributed by atoms with van der Waals surface area (Å²) in [4.78, 5) is 38.8. The molecule has 308 valence electrons. The first-order valence-electron chi connectivity index (χ1n) is 21.9. The minimum absolute atomic E-state index is 0.00538. The Bertz CT molecular complexity index is 812. The fourth-order valence-corrected chi connectivity index (χ4v) is 6.65. The predicted molar refractivity (Wildman–Crippen MR) is 218 cm³/mol. The third kappa shape index (κ3) is 31.9. The number of unbranched alkanes of at least 4 members (excludes halogenated alkanes) is 12. The molecule has 0 radical (unpaired) electrons. The monoisotopic (exact) mass is 738 g/mol. The molecule has 0 aliphatic rings. The van der Waals surface area contributed by atoms with Gasteiger partial charge in [-0.25, -0.2) is 0 Å². The minimum Gasteiger partial charge on any atom is -0.465 e. The molecule has 0 N–H and O–H groups in total. The fourth-order valence-electron chi connectivity index (χ4n) is 6.65. The summed E-state index contributed by atoms with van der Waals surface area (Å²) >= 11 is 0. The molecule has 0 saturated heterocycles. The van der Waals surface area contributed by atoms with Crippen molar-refractivity contribution in [3.05, 3.63) is 0 Å². The number of carbonyl (C=O) groups excluding carboxylic acids is 3. The van der Waals surface area contributed by atoms with Gasteiger partial charge in [0.2, 0.25) is 0 Å². The summed E-state index contributed by atoms with van der Waals surface area (Å²) in [7, 11) is 3.80. The maximum atomic E-state index is 12.4. The van der Waals surface area contributed by atoms with Crippen molar-refractivity contribution in [1.82, 2.24) is 4.90 Å². The quantitative estimate of drug-likeness (QED) is 0.0364. The van der Waals surface area contributed by atoms with Crippen molar-refractivity contribution >= 4 is 17.9 Å². The van der Waals surface area contributed by atoms with E-state index in [0.717, 1.165) is 89.9 Å². The van der Waals surface area contributed by atoms with E-state index in [1.165, 1.54) is 38.5 Å². The lowest BCUT2D eigenvalue weighted by atomic mass is 9.89. The zero-order valence-corrected chi connectivity index (χ0v) is 36.1. The SMILES string of the molecule is CC(C)CCC(COC(=O)CCCCCCCCCC(CCCCCCCCCC(=O)OCC(CCC(C)C)C(C)C)OC(=O)CN(C)C)C(C)C. The molecule has 7 heteroatoms. The molecule has 0 bridgehead atoms. The van der Waals surface area contributed by atoms with Gasteiger partial charge >= 0.3 is 17.9 Å². The number of nitrogens with zero attached hydrogens (tertiary/aromatic N) is 1. The van der Waals surface area contributed by atoms with Gasteiger partial charge in [0.25, 0.3) is 0 Å². The van der Waals surface area contributed by atoms with E-state index in [2.05, 4.69) is 55.4 Å². The highest BCUT2D eigenvalue weighted by molar-refractivity contribution is 5.71. The number of rotatable bonds is 35. The molecule has 0 saturated carbocycles. The van der Waals surface area contributed by atoms with Crippen LogP contribution in [0.5, 0.6) is 0 Å². The van der Waals surface area contributed by atoms with E-state index in [0.29, 0.717) is 68.1 Å². The maximum absolute atomic E-state index is 12.4. The molecule has 0 rings (SSSR count). The van der Waals surface area contributed by atoms with E-state index in [9.17, 15) is 14.4 Å². The van der Waals surface area contributed by atoms with E-state index in [1.807, 2.05) is 19.0 Å². The van der Waals surface area contributed by atoms with Crippen molar-refractivity contribution in [3.63, 3.8) is 0 Å². The highest BCUT2D eigenvalue weighted by Crippen LogP contribution is 2.23. The number of hydrogen-bond donors (Lipinski definition) is 0. The molecule has 0 amide bonds. The Balaban J connectivity index is 4.12. The lowest BCUT2D eigenvalue weighted by molar-refractivity contribution is -0.150. The summed E-state index contributed by atoms with van der Waals surface area (Å²) < 4.78 is 17.2. The first-order chi connectivity index (χ1) is 24.7. The van der Waals surface area contributed by atoms with E-state index < -0.39 is 0 Å². The summed E-state index contributed by atoms with van der Waals surface area (Å²) in [5.74, 6) is 3.16. The highest BCUT2D eigenvalue weighted by atomic mass is 16.5. The van der Waals surface area contributed by atoms with Gasteiger partial charge in [0.15, 0.2) is 0 Å². The Morgan fingerprint density at radius 2 is 0.788 bits per heavy atom. The number of hydrogen-bond acceptors (Lipinski definition) is 7. The second-order valence-corrected chi connectivity index (χ2v) is 17.7. The summed E-state index contributed by atoms with van der Waals surface area (Å²) in [6, 6.07) is 0. The van der Waals surface area contributed by atoms with E-state index in [1.54, 1.807) is 0 Å². The van der Waals surface area contributed by atoms with Gasteiger partial charge < -0.3 is 14.2 Å². The van der Waals surface area contributed by atoms with Crippen molar-refractivity contribution in [2.45, 2.75) is 203 Å². The molecule has 0 aromatic carbocycles. The lowest BCUT2D eigenvalue weighted by Crippen LogP contribution is -2.27. The Hall–Kier alpha value is -1.63. The maximum Gasteiger partial charge on any atom is 0.320 e. The normalized spacial score (nSPS) is 13.7. The van der Waals surface area contributed by atoms with Crippen LogP contribution in [0.25, 0.3) is 0 Å². The molecule has 0 aromatic heterocycles. The predicted octanol–water partition coefficient (Wildman–Crippen LogP) is 12.0. The van der Waals surface area contributed by atoms with Crippen LogP contribution < -0.4 is 0 Å². The third-order valence-corrected chi connectivity index (χ3v) is 10.6. The van der Waals surface area contributed by atoms with Crippen LogP contribution in [0, 0.1) is 35.5 Å². The molecular formula is C45H87NO6. The smallest absolute Gasteiger partial charge is 0.320 e.